The quantitative estimate of drug-likeness (QED) is 0.631. The lowest BCUT2D eigenvalue weighted by Crippen LogP contribution is -2.52. The van der Waals surface area contributed by atoms with Gasteiger partial charge in [-0.15, -0.1) is 11.3 Å². The minimum Gasteiger partial charge on any atom is -0.463 e. The van der Waals surface area contributed by atoms with Crippen molar-refractivity contribution < 1.29 is 19.1 Å². The molecule has 0 saturated carbocycles. The average molecular weight is 392 g/mol. The molecule has 9 heteroatoms. The number of hydrogen-bond acceptors (Lipinski definition) is 6. The summed E-state index contributed by atoms with van der Waals surface area (Å²) in [5, 5.41) is 7.43. The van der Waals surface area contributed by atoms with E-state index in [0.29, 0.717) is 24.2 Å². The summed E-state index contributed by atoms with van der Waals surface area (Å²) < 4.78 is 5.24. The number of hydrogen-bond donors (Lipinski definition) is 3. The number of piperidine rings is 1. The van der Waals surface area contributed by atoms with E-state index in [4.69, 9.17) is 10.5 Å². The SMILES string of the molecule is CCOC(=O)C1=C(CN2CCCC[C@@H]2C(N)=O)NC(=O)N[C@H]1c1cccs1. The molecule has 1 aromatic heterocycles. The number of carbonyl (C=O) groups is 3. The first-order valence-corrected chi connectivity index (χ1v) is 9.93. The Balaban J connectivity index is 1.97. The predicted molar refractivity (Wildman–Crippen MR) is 101 cm³/mol. The first-order chi connectivity index (χ1) is 13.0. The maximum atomic E-state index is 12.7. The van der Waals surface area contributed by atoms with Gasteiger partial charge in [0.05, 0.1) is 24.3 Å². The highest BCUT2D eigenvalue weighted by molar-refractivity contribution is 7.10. The van der Waals surface area contributed by atoms with Crippen LogP contribution in [0.1, 0.15) is 37.1 Å². The van der Waals surface area contributed by atoms with Crippen LogP contribution < -0.4 is 16.4 Å². The number of nitrogens with two attached hydrogens (primary N) is 1. The third kappa shape index (κ3) is 4.30. The Bertz CT molecular complexity index is 747. The second-order valence-corrected chi connectivity index (χ2v) is 7.52. The highest BCUT2D eigenvalue weighted by atomic mass is 32.1. The summed E-state index contributed by atoms with van der Waals surface area (Å²) in [5.41, 5.74) is 6.38. The van der Waals surface area contributed by atoms with E-state index in [1.807, 2.05) is 22.4 Å². The van der Waals surface area contributed by atoms with Crippen LogP contribution in [0.4, 0.5) is 4.79 Å². The van der Waals surface area contributed by atoms with Gasteiger partial charge in [0.25, 0.3) is 0 Å². The van der Waals surface area contributed by atoms with Gasteiger partial charge in [-0.3, -0.25) is 9.69 Å². The number of urea groups is 1. The van der Waals surface area contributed by atoms with Crippen LogP contribution in [-0.2, 0) is 14.3 Å². The van der Waals surface area contributed by atoms with Gasteiger partial charge in [0.15, 0.2) is 0 Å². The van der Waals surface area contributed by atoms with Crippen LogP contribution in [-0.4, -0.2) is 48.5 Å². The fourth-order valence-corrected chi connectivity index (χ4v) is 4.35. The van der Waals surface area contributed by atoms with Crippen molar-refractivity contribution in [3.8, 4) is 0 Å². The van der Waals surface area contributed by atoms with Crippen molar-refractivity contribution in [2.24, 2.45) is 5.73 Å². The molecular formula is C18H24N4O4S. The van der Waals surface area contributed by atoms with Crippen LogP contribution in [0, 0.1) is 0 Å². The lowest BCUT2D eigenvalue weighted by Gasteiger charge is -2.36. The van der Waals surface area contributed by atoms with Gasteiger partial charge in [0.2, 0.25) is 5.91 Å². The second kappa shape index (κ2) is 8.53. The number of nitrogens with zero attached hydrogens (tertiary/aromatic N) is 1. The minimum atomic E-state index is -0.579. The number of primary amides is 1. The van der Waals surface area contributed by atoms with Crippen molar-refractivity contribution in [1.29, 1.82) is 0 Å². The number of ether oxygens (including phenoxy) is 1. The summed E-state index contributed by atoms with van der Waals surface area (Å²) in [7, 11) is 0. The fraction of sp³-hybridized carbons (Fsp3) is 0.500. The minimum absolute atomic E-state index is 0.231. The van der Waals surface area contributed by atoms with Crippen molar-refractivity contribution >= 4 is 29.2 Å². The molecule has 1 saturated heterocycles. The number of likely N-dealkylation sites (tertiary alicyclic amines) is 1. The molecule has 2 atom stereocenters. The smallest absolute Gasteiger partial charge is 0.338 e. The van der Waals surface area contributed by atoms with Crippen molar-refractivity contribution in [2.75, 3.05) is 19.7 Å². The summed E-state index contributed by atoms with van der Waals surface area (Å²) in [4.78, 5) is 39.5. The Morgan fingerprint density at radius 1 is 1.41 bits per heavy atom. The first kappa shape index (κ1) is 19.4. The summed E-state index contributed by atoms with van der Waals surface area (Å²) in [5.74, 6) is -0.867. The molecule has 8 nitrogen and oxygen atoms in total. The molecule has 3 amide bonds. The van der Waals surface area contributed by atoms with E-state index in [-0.39, 0.29) is 25.1 Å². The molecular weight excluding hydrogens is 368 g/mol. The molecule has 3 rings (SSSR count). The molecule has 2 aliphatic heterocycles. The van der Waals surface area contributed by atoms with Crippen LogP contribution in [0.5, 0.6) is 0 Å². The average Bonchev–Trinajstić information content (AvgIpc) is 3.16. The molecule has 146 valence electrons. The highest BCUT2D eigenvalue weighted by Crippen LogP contribution is 2.31. The molecule has 0 radical (unpaired) electrons. The maximum Gasteiger partial charge on any atom is 0.338 e. The predicted octanol–water partition coefficient (Wildman–Crippen LogP) is 1.26. The number of esters is 1. The molecule has 3 heterocycles. The normalized spacial score (nSPS) is 23.5. The van der Waals surface area contributed by atoms with Crippen molar-refractivity contribution in [1.82, 2.24) is 15.5 Å². The monoisotopic (exact) mass is 392 g/mol. The van der Waals surface area contributed by atoms with E-state index < -0.39 is 18.1 Å². The van der Waals surface area contributed by atoms with E-state index in [2.05, 4.69) is 10.6 Å². The first-order valence-electron chi connectivity index (χ1n) is 9.05. The number of rotatable bonds is 6. The summed E-state index contributed by atoms with van der Waals surface area (Å²) in [6, 6.07) is 2.37. The van der Waals surface area contributed by atoms with E-state index in [0.717, 1.165) is 17.7 Å². The van der Waals surface area contributed by atoms with Gasteiger partial charge in [-0.1, -0.05) is 12.5 Å². The number of thiophene rings is 1. The topological polar surface area (TPSA) is 114 Å². The molecule has 2 aliphatic rings. The summed E-state index contributed by atoms with van der Waals surface area (Å²) in [6.45, 7) is 2.91. The van der Waals surface area contributed by atoms with Gasteiger partial charge < -0.3 is 21.1 Å². The Morgan fingerprint density at radius 3 is 2.89 bits per heavy atom. The Morgan fingerprint density at radius 2 is 2.22 bits per heavy atom. The Labute approximate surface area is 161 Å². The molecule has 0 spiro atoms. The van der Waals surface area contributed by atoms with Crippen LogP contribution in [0.2, 0.25) is 0 Å². The molecule has 27 heavy (non-hydrogen) atoms. The van der Waals surface area contributed by atoms with Crippen LogP contribution in [0.25, 0.3) is 0 Å². The maximum absolute atomic E-state index is 12.7. The molecule has 0 aliphatic carbocycles. The van der Waals surface area contributed by atoms with Gasteiger partial charge in [0, 0.05) is 17.1 Å². The van der Waals surface area contributed by atoms with Crippen LogP contribution in [0.15, 0.2) is 28.8 Å². The molecule has 1 aromatic rings. The largest absolute Gasteiger partial charge is 0.463 e. The highest BCUT2D eigenvalue weighted by Gasteiger charge is 2.36. The third-order valence-corrected chi connectivity index (χ3v) is 5.72. The second-order valence-electron chi connectivity index (χ2n) is 6.54. The van der Waals surface area contributed by atoms with Crippen molar-refractivity contribution in [3.05, 3.63) is 33.7 Å². The van der Waals surface area contributed by atoms with Crippen molar-refractivity contribution in [2.45, 2.75) is 38.3 Å². The van der Waals surface area contributed by atoms with Gasteiger partial charge >= 0.3 is 12.0 Å². The van der Waals surface area contributed by atoms with E-state index in [9.17, 15) is 14.4 Å². The summed E-state index contributed by atoms with van der Waals surface area (Å²) >= 11 is 1.45. The number of amides is 3. The molecule has 1 fully saturated rings. The van der Waals surface area contributed by atoms with E-state index >= 15 is 0 Å². The lowest BCUT2D eigenvalue weighted by molar-refractivity contribution is -0.139. The number of nitrogens with one attached hydrogen (secondary N) is 2. The molecule has 0 aromatic carbocycles. The Hall–Kier alpha value is -2.39. The molecule has 0 unspecified atom stereocenters. The van der Waals surface area contributed by atoms with Gasteiger partial charge in [0.1, 0.15) is 0 Å². The molecule has 4 N–H and O–H groups in total. The van der Waals surface area contributed by atoms with Crippen molar-refractivity contribution in [3.63, 3.8) is 0 Å². The van der Waals surface area contributed by atoms with E-state index in [1.165, 1.54) is 11.3 Å². The van der Waals surface area contributed by atoms with Gasteiger partial charge in [-0.25, -0.2) is 9.59 Å². The zero-order valence-electron chi connectivity index (χ0n) is 15.2. The zero-order chi connectivity index (χ0) is 19.4. The standard InChI is InChI=1S/C18H24N4O4S/c1-2-26-17(24)14-11(10-22-8-4-3-6-12(22)16(19)23)20-18(25)21-15(14)13-7-5-9-27-13/h5,7,9,12,15H,2-4,6,8,10H2,1H3,(H2,19,23)(H2,20,21,25)/t12-,15+/m1/s1. The molecule has 0 bridgehead atoms. The van der Waals surface area contributed by atoms with Crippen LogP contribution in [0.3, 0.4) is 0 Å². The van der Waals surface area contributed by atoms with Crippen LogP contribution >= 0.6 is 11.3 Å². The van der Waals surface area contributed by atoms with E-state index in [1.54, 1.807) is 6.92 Å². The summed E-state index contributed by atoms with van der Waals surface area (Å²) in [6.07, 6.45) is 2.55. The number of carbonyl (C=O) groups excluding carboxylic acids is 3. The lowest BCUT2D eigenvalue weighted by atomic mass is 9.98. The van der Waals surface area contributed by atoms with Gasteiger partial charge in [-0.2, -0.15) is 0 Å². The fourth-order valence-electron chi connectivity index (χ4n) is 3.57. The zero-order valence-corrected chi connectivity index (χ0v) is 16.0. The Kier molecular flexibility index (Phi) is 6.12. The van der Waals surface area contributed by atoms with Gasteiger partial charge in [-0.05, 0) is 37.8 Å². The third-order valence-electron chi connectivity index (χ3n) is 4.78.